The van der Waals surface area contributed by atoms with E-state index in [0.29, 0.717) is 16.3 Å². The second-order valence-corrected chi connectivity index (χ2v) is 6.78. The first kappa shape index (κ1) is 16.4. The van der Waals surface area contributed by atoms with Crippen LogP contribution in [-0.4, -0.2) is 18.3 Å². The number of carbonyl (C=O) groups is 2. The number of ether oxygens (including phenoxy) is 1. The van der Waals surface area contributed by atoms with Gasteiger partial charge in [0.05, 0.1) is 17.7 Å². The summed E-state index contributed by atoms with van der Waals surface area (Å²) in [5.41, 5.74) is 1.42. The molecule has 0 radical (unpaired) electrons. The molecule has 2 amide bonds. The number of thioether (sulfide) groups is 1. The van der Waals surface area contributed by atoms with Crippen molar-refractivity contribution in [2.24, 2.45) is 0 Å². The van der Waals surface area contributed by atoms with E-state index in [1.54, 1.807) is 37.5 Å². The predicted octanol–water partition coefficient (Wildman–Crippen LogP) is 5.09. The lowest BCUT2D eigenvalue weighted by Gasteiger charge is -2.13. The molecule has 0 unspecified atom stereocenters. The molecule has 0 atom stereocenters. The molecular formula is C21H15NO3S. The van der Waals surface area contributed by atoms with Crippen LogP contribution in [-0.2, 0) is 4.79 Å². The van der Waals surface area contributed by atoms with Crippen LogP contribution in [0.4, 0.5) is 10.5 Å². The molecule has 5 heteroatoms. The fraction of sp³-hybridized carbons (Fsp3) is 0.0476. The van der Waals surface area contributed by atoms with E-state index in [-0.39, 0.29) is 11.1 Å². The topological polar surface area (TPSA) is 46.6 Å². The third-order valence-electron chi connectivity index (χ3n) is 4.22. The van der Waals surface area contributed by atoms with Crippen LogP contribution in [0.5, 0.6) is 5.75 Å². The summed E-state index contributed by atoms with van der Waals surface area (Å²) in [4.78, 5) is 26.9. The van der Waals surface area contributed by atoms with Gasteiger partial charge < -0.3 is 4.74 Å². The Morgan fingerprint density at radius 3 is 2.58 bits per heavy atom. The average molecular weight is 361 g/mol. The van der Waals surface area contributed by atoms with Crippen LogP contribution in [0.15, 0.2) is 71.6 Å². The zero-order valence-electron chi connectivity index (χ0n) is 14.0. The van der Waals surface area contributed by atoms with Crippen molar-refractivity contribution in [3.8, 4) is 5.75 Å². The summed E-state index contributed by atoms with van der Waals surface area (Å²) >= 11 is 0.951. The maximum Gasteiger partial charge on any atom is 0.298 e. The molecule has 4 nitrogen and oxygen atoms in total. The van der Waals surface area contributed by atoms with E-state index in [4.69, 9.17) is 4.74 Å². The number of hydrogen-bond acceptors (Lipinski definition) is 4. The van der Waals surface area contributed by atoms with Gasteiger partial charge in [-0.25, -0.2) is 4.90 Å². The van der Waals surface area contributed by atoms with Crippen LogP contribution >= 0.6 is 11.8 Å². The second-order valence-electron chi connectivity index (χ2n) is 5.79. The van der Waals surface area contributed by atoms with Crippen molar-refractivity contribution in [3.63, 3.8) is 0 Å². The number of rotatable bonds is 3. The van der Waals surface area contributed by atoms with E-state index in [1.807, 2.05) is 42.5 Å². The van der Waals surface area contributed by atoms with Crippen LogP contribution in [0.25, 0.3) is 16.8 Å². The number of carbonyl (C=O) groups excluding carboxylic acids is 2. The Kier molecular flexibility index (Phi) is 4.22. The van der Waals surface area contributed by atoms with Crippen molar-refractivity contribution in [2.75, 3.05) is 12.0 Å². The van der Waals surface area contributed by atoms with Crippen LogP contribution < -0.4 is 9.64 Å². The van der Waals surface area contributed by atoms with Crippen molar-refractivity contribution < 1.29 is 14.3 Å². The largest absolute Gasteiger partial charge is 0.497 e. The SMILES string of the molecule is COc1cccc(N2C(=O)S/C(=C\c3cccc4ccccc34)C2=O)c1. The van der Waals surface area contributed by atoms with Crippen molar-refractivity contribution in [1.29, 1.82) is 0 Å². The first-order valence-electron chi connectivity index (χ1n) is 8.07. The zero-order valence-corrected chi connectivity index (χ0v) is 14.8. The van der Waals surface area contributed by atoms with Crippen LogP contribution in [0, 0.1) is 0 Å². The quantitative estimate of drug-likeness (QED) is 0.610. The Balaban J connectivity index is 1.73. The molecule has 3 aromatic rings. The van der Waals surface area contributed by atoms with E-state index in [2.05, 4.69) is 0 Å². The number of anilines is 1. The van der Waals surface area contributed by atoms with Gasteiger partial charge in [-0.15, -0.1) is 0 Å². The highest BCUT2D eigenvalue weighted by atomic mass is 32.2. The number of benzene rings is 3. The standard InChI is InChI=1S/C21H15NO3S/c1-25-17-10-5-9-16(13-17)22-20(23)19(26-21(22)24)12-15-8-4-7-14-6-2-3-11-18(14)15/h2-13H,1H3/b19-12-. The molecule has 1 saturated heterocycles. The molecular weight excluding hydrogens is 346 g/mol. The molecule has 0 spiro atoms. The monoisotopic (exact) mass is 361 g/mol. The normalized spacial score (nSPS) is 15.9. The highest BCUT2D eigenvalue weighted by molar-refractivity contribution is 8.19. The lowest BCUT2D eigenvalue weighted by atomic mass is 10.0. The van der Waals surface area contributed by atoms with Crippen LogP contribution in [0.2, 0.25) is 0 Å². The first-order valence-corrected chi connectivity index (χ1v) is 8.89. The molecule has 128 valence electrons. The van der Waals surface area contributed by atoms with Gasteiger partial charge in [-0.2, -0.15) is 0 Å². The van der Waals surface area contributed by atoms with Crippen molar-refractivity contribution in [1.82, 2.24) is 0 Å². The van der Waals surface area contributed by atoms with Gasteiger partial charge in [0, 0.05) is 6.07 Å². The minimum absolute atomic E-state index is 0.310. The van der Waals surface area contributed by atoms with Gasteiger partial charge in [-0.05, 0) is 46.3 Å². The van der Waals surface area contributed by atoms with E-state index in [0.717, 1.165) is 28.1 Å². The van der Waals surface area contributed by atoms with Gasteiger partial charge in [0.15, 0.2) is 0 Å². The molecule has 0 saturated carbocycles. The van der Waals surface area contributed by atoms with E-state index in [9.17, 15) is 9.59 Å². The summed E-state index contributed by atoms with van der Waals surface area (Å²) in [6, 6.07) is 20.8. The number of imide groups is 1. The molecule has 0 bridgehead atoms. The highest BCUT2D eigenvalue weighted by Gasteiger charge is 2.36. The number of methoxy groups -OCH3 is 1. The minimum Gasteiger partial charge on any atom is -0.497 e. The van der Waals surface area contributed by atoms with Gasteiger partial charge in [0.2, 0.25) is 0 Å². The van der Waals surface area contributed by atoms with Crippen LogP contribution in [0.3, 0.4) is 0 Å². The predicted molar refractivity (Wildman–Crippen MR) is 105 cm³/mol. The Hall–Kier alpha value is -3.05. The van der Waals surface area contributed by atoms with Gasteiger partial charge in [0.25, 0.3) is 11.1 Å². The fourth-order valence-corrected chi connectivity index (χ4v) is 3.79. The van der Waals surface area contributed by atoms with Gasteiger partial charge in [-0.3, -0.25) is 9.59 Å². The van der Waals surface area contributed by atoms with Crippen molar-refractivity contribution >= 4 is 45.4 Å². The number of hydrogen-bond donors (Lipinski definition) is 0. The first-order chi connectivity index (χ1) is 12.7. The lowest BCUT2D eigenvalue weighted by Crippen LogP contribution is -2.27. The summed E-state index contributed by atoms with van der Waals surface area (Å²) in [5, 5.41) is 1.83. The summed E-state index contributed by atoms with van der Waals surface area (Å²) < 4.78 is 5.18. The molecule has 26 heavy (non-hydrogen) atoms. The number of fused-ring (bicyclic) bond motifs is 1. The Labute approximate surface area is 155 Å². The van der Waals surface area contributed by atoms with E-state index < -0.39 is 0 Å². The summed E-state index contributed by atoms with van der Waals surface area (Å²) in [5.74, 6) is 0.278. The molecule has 1 aliphatic heterocycles. The van der Waals surface area contributed by atoms with Gasteiger partial charge >= 0.3 is 0 Å². The fourth-order valence-electron chi connectivity index (χ4n) is 2.96. The smallest absolute Gasteiger partial charge is 0.298 e. The summed E-state index contributed by atoms with van der Waals surface area (Å²) in [6.45, 7) is 0. The Morgan fingerprint density at radius 2 is 1.73 bits per heavy atom. The van der Waals surface area contributed by atoms with Crippen LogP contribution in [0.1, 0.15) is 5.56 Å². The highest BCUT2D eigenvalue weighted by Crippen LogP contribution is 2.37. The average Bonchev–Trinajstić information content (AvgIpc) is 2.95. The van der Waals surface area contributed by atoms with E-state index in [1.165, 1.54) is 4.90 Å². The Morgan fingerprint density at radius 1 is 0.962 bits per heavy atom. The summed E-state index contributed by atoms with van der Waals surface area (Å²) in [6.07, 6.45) is 1.79. The number of nitrogens with zero attached hydrogens (tertiary/aromatic N) is 1. The van der Waals surface area contributed by atoms with E-state index >= 15 is 0 Å². The lowest BCUT2D eigenvalue weighted by molar-refractivity contribution is -0.113. The molecule has 0 N–H and O–H groups in total. The number of amides is 2. The Bertz CT molecular complexity index is 1050. The van der Waals surface area contributed by atoms with Gasteiger partial charge in [-0.1, -0.05) is 48.5 Å². The summed E-state index contributed by atoms with van der Waals surface area (Å²) in [7, 11) is 1.55. The molecule has 1 fully saturated rings. The second kappa shape index (κ2) is 6.69. The molecule has 1 aliphatic rings. The molecule has 3 aromatic carbocycles. The zero-order chi connectivity index (χ0) is 18.1. The molecule has 4 rings (SSSR count). The molecule has 1 heterocycles. The third-order valence-corrected chi connectivity index (χ3v) is 5.08. The molecule has 0 aliphatic carbocycles. The maximum atomic E-state index is 12.8. The maximum absolute atomic E-state index is 12.8. The van der Waals surface area contributed by atoms with Crippen molar-refractivity contribution in [3.05, 3.63) is 77.2 Å². The van der Waals surface area contributed by atoms with Gasteiger partial charge in [0.1, 0.15) is 5.75 Å². The third kappa shape index (κ3) is 2.86. The molecule has 0 aromatic heterocycles. The minimum atomic E-state index is -0.318. The van der Waals surface area contributed by atoms with Crippen molar-refractivity contribution in [2.45, 2.75) is 0 Å².